The number of aromatic nitrogens is 2. The van der Waals surface area contributed by atoms with Crippen LogP contribution < -0.4 is 19.5 Å². The molecule has 5 rings (SSSR count). The zero-order chi connectivity index (χ0) is 21.9. The average molecular weight is 446 g/mol. The number of nitrogens with zero attached hydrogens (tertiary/aromatic N) is 1. The number of fused-ring (bicyclic) bond motifs is 2. The first kappa shape index (κ1) is 20.0. The minimum Gasteiger partial charge on any atom is -0.486 e. The number of nitrogens with one attached hydrogen (secondary N) is 3. The molecule has 0 spiro atoms. The van der Waals surface area contributed by atoms with Crippen LogP contribution in [0.2, 0.25) is 0 Å². The lowest BCUT2D eigenvalue weighted by atomic mass is 10.2. The van der Waals surface area contributed by atoms with Gasteiger partial charge in [-0.05, 0) is 42.5 Å². The Morgan fingerprint density at radius 2 is 1.78 bits per heavy atom. The van der Waals surface area contributed by atoms with Crippen molar-refractivity contribution in [1.82, 2.24) is 14.7 Å². The Morgan fingerprint density at radius 1 is 0.938 bits per heavy atom. The monoisotopic (exact) mass is 446 g/mol. The lowest BCUT2D eigenvalue weighted by Crippen LogP contribution is -2.24. The minimum absolute atomic E-state index is 0.312. The first-order valence-electron chi connectivity index (χ1n) is 9.89. The predicted molar refractivity (Wildman–Crippen MR) is 123 cm³/mol. The lowest BCUT2D eigenvalue weighted by Gasteiger charge is -2.18. The minimum atomic E-state index is -0.511. The van der Waals surface area contributed by atoms with Crippen LogP contribution in [0.25, 0.3) is 22.4 Å². The van der Waals surface area contributed by atoms with Gasteiger partial charge < -0.3 is 19.8 Å². The van der Waals surface area contributed by atoms with Gasteiger partial charge in [-0.1, -0.05) is 24.3 Å². The lowest BCUT2D eigenvalue weighted by molar-refractivity contribution is 0.108. The van der Waals surface area contributed by atoms with Crippen LogP contribution in [0, 0.1) is 0 Å². The first-order chi connectivity index (χ1) is 15.7. The van der Waals surface area contributed by atoms with Crippen molar-refractivity contribution in [3.8, 4) is 22.9 Å². The third kappa shape index (κ3) is 4.23. The van der Waals surface area contributed by atoms with Crippen LogP contribution in [-0.2, 0) is 0 Å². The summed E-state index contributed by atoms with van der Waals surface area (Å²) in [5.41, 5.74) is 3.62. The molecule has 0 radical (unpaired) electrons. The molecule has 1 aliphatic rings. The number of imidazole rings is 1. The van der Waals surface area contributed by atoms with Crippen LogP contribution in [0.3, 0.4) is 0 Å². The molecule has 0 fully saturated rings. The second-order valence-corrected chi connectivity index (χ2v) is 7.77. The molecule has 0 unspecified atom stereocenters. The number of benzene rings is 3. The van der Waals surface area contributed by atoms with Gasteiger partial charge in [0.15, 0.2) is 11.5 Å². The molecule has 2 heterocycles. The van der Waals surface area contributed by atoms with Crippen LogP contribution in [0.15, 0.2) is 66.7 Å². The summed E-state index contributed by atoms with van der Waals surface area (Å²) in [4.78, 5) is 32.6. The normalized spacial score (nSPS) is 12.4. The third-order valence-corrected chi connectivity index (χ3v) is 5.51. The van der Waals surface area contributed by atoms with Crippen LogP contribution in [-0.4, -0.2) is 34.3 Å². The molecule has 160 valence electrons. The average Bonchev–Trinajstić information content (AvgIpc) is 3.27. The van der Waals surface area contributed by atoms with E-state index in [2.05, 4.69) is 20.0 Å². The maximum Gasteiger partial charge on any atom is 0.329 e. The Labute approximate surface area is 187 Å². The topological polar surface area (TPSA) is 105 Å². The zero-order valence-electron chi connectivity index (χ0n) is 16.8. The van der Waals surface area contributed by atoms with Crippen molar-refractivity contribution >= 4 is 39.8 Å². The first-order valence-corrected chi connectivity index (χ1v) is 10.7. The summed E-state index contributed by atoms with van der Waals surface area (Å²) in [5, 5.41) is 2.42. The van der Waals surface area contributed by atoms with Gasteiger partial charge in [-0.25, -0.2) is 9.78 Å². The number of H-pyrrole nitrogens is 1. The fourth-order valence-electron chi connectivity index (χ4n) is 3.31. The Kier molecular flexibility index (Phi) is 5.39. The van der Waals surface area contributed by atoms with Gasteiger partial charge in [0.25, 0.3) is 0 Å². The number of hydrogen-bond acceptors (Lipinski definition) is 6. The zero-order valence-corrected chi connectivity index (χ0v) is 17.6. The summed E-state index contributed by atoms with van der Waals surface area (Å²) in [6, 6.07) is 19.5. The largest absolute Gasteiger partial charge is 0.486 e. The standard InChI is InChI=1S/C23H18N4O4S/c28-22(15-8-9-19-20(13-15)31-11-10-30-19)32-27-23(29)24-16-5-3-4-14(12-16)21-25-17-6-1-2-7-18(17)26-21/h1-9,12-13H,10-11H2,(H,25,26)(H2,24,27,29). The highest BCUT2D eigenvalue weighted by atomic mass is 32.2. The highest BCUT2D eigenvalue weighted by molar-refractivity contribution is 8.12. The molecule has 3 aromatic carbocycles. The second kappa shape index (κ2) is 8.64. The van der Waals surface area contributed by atoms with Gasteiger partial charge >= 0.3 is 6.03 Å². The quantitative estimate of drug-likeness (QED) is 0.397. The van der Waals surface area contributed by atoms with Gasteiger partial charge in [0, 0.05) is 28.8 Å². The van der Waals surface area contributed by atoms with Gasteiger partial charge in [-0.3, -0.25) is 9.52 Å². The molecule has 3 N–H and O–H groups in total. The fraction of sp³-hybridized carbons (Fsp3) is 0.0870. The van der Waals surface area contributed by atoms with E-state index in [1.807, 2.05) is 42.5 Å². The maximum atomic E-state index is 12.4. The summed E-state index contributed by atoms with van der Waals surface area (Å²) in [7, 11) is 0. The molecule has 2 amide bonds. The van der Waals surface area contributed by atoms with Crippen LogP contribution in [0.4, 0.5) is 10.5 Å². The molecule has 0 aliphatic carbocycles. The van der Waals surface area contributed by atoms with E-state index in [0.717, 1.165) is 16.6 Å². The molecule has 9 heteroatoms. The van der Waals surface area contributed by atoms with Crippen LogP contribution in [0.1, 0.15) is 10.4 Å². The molecule has 0 atom stereocenters. The molecule has 0 bridgehead atoms. The van der Waals surface area contributed by atoms with E-state index in [-0.39, 0.29) is 5.12 Å². The number of ether oxygens (including phenoxy) is 2. The van der Waals surface area contributed by atoms with Crippen molar-refractivity contribution in [2.45, 2.75) is 0 Å². The van der Waals surface area contributed by atoms with Crippen molar-refractivity contribution < 1.29 is 19.1 Å². The van der Waals surface area contributed by atoms with Gasteiger partial charge in [0.05, 0.1) is 11.0 Å². The molecule has 8 nitrogen and oxygen atoms in total. The second-order valence-electron chi connectivity index (χ2n) is 6.99. The van der Waals surface area contributed by atoms with Gasteiger partial charge in [0.2, 0.25) is 5.12 Å². The maximum absolute atomic E-state index is 12.4. The number of anilines is 1. The number of para-hydroxylation sites is 2. The van der Waals surface area contributed by atoms with Crippen LogP contribution in [0.5, 0.6) is 11.5 Å². The molecule has 1 aliphatic heterocycles. The Hall–Kier alpha value is -3.98. The van der Waals surface area contributed by atoms with Crippen molar-refractivity contribution in [2.75, 3.05) is 18.5 Å². The third-order valence-electron chi connectivity index (χ3n) is 4.80. The van der Waals surface area contributed by atoms with E-state index in [4.69, 9.17) is 9.47 Å². The fourth-order valence-corrected chi connectivity index (χ4v) is 3.79. The highest BCUT2D eigenvalue weighted by Crippen LogP contribution is 2.31. The number of amides is 2. The predicted octanol–water partition coefficient (Wildman–Crippen LogP) is 4.61. The van der Waals surface area contributed by atoms with Crippen molar-refractivity contribution in [3.05, 3.63) is 72.3 Å². The van der Waals surface area contributed by atoms with Crippen LogP contribution >= 0.6 is 11.9 Å². The molecule has 0 saturated heterocycles. The number of carbonyl (C=O) groups is 2. The van der Waals surface area contributed by atoms with Gasteiger partial charge in [0.1, 0.15) is 19.0 Å². The molecule has 32 heavy (non-hydrogen) atoms. The summed E-state index contributed by atoms with van der Waals surface area (Å²) in [6.45, 7) is 0.917. The molecular formula is C23H18N4O4S. The number of rotatable bonds is 3. The van der Waals surface area contributed by atoms with Gasteiger partial charge in [-0.2, -0.15) is 0 Å². The van der Waals surface area contributed by atoms with Crippen molar-refractivity contribution in [3.63, 3.8) is 0 Å². The molecule has 4 aromatic rings. The number of hydrogen-bond donors (Lipinski definition) is 3. The number of aromatic amines is 1. The molecule has 0 saturated carbocycles. The SMILES string of the molecule is O=C(NSC(=O)c1ccc2c(c1)OCCO2)Nc1cccc(-c2nc3ccccc3[nH]2)c1. The number of urea groups is 1. The summed E-state index contributed by atoms with van der Waals surface area (Å²) >= 11 is 0.695. The highest BCUT2D eigenvalue weighted by Gasteiger charge is 2.16. The van der Waals surface area contributed by atoms with E-state index < -0.39 is 6.03 Å². The Morgan fingerprint density at radius 3 is 2.66 bits per heavy atom. The van der Waals surface area contributed by atoms with E-state index in [0.29, 0.717) is 53.7 Å². The van der Waals surface area contributed by atoms with E-state index in [9.17, 15) is 9.59 Å². The van der Waals surface area contributed by atoms with Crippen molar-refractivity contribution in [2.24, 2.45) is 0 Å². The molecular weight excluding hydrogens is 428 g/mol. The van der Waals surface area contributed by atoms with E-state index >= 15 is 0 Å². The molecule has 1 aromatic heterocycles. The summed E-state index contributed by atoms with van der Waals surface area (Å²) in [6.07, 6.45) is 0. The number of carbonyl (C=O) groups excluding carboxylic acids is 2. The van der Waals surface area contributed by atoms with Crippen molar-refractivity contribution in [1.29, 1.82) is 0 Å². The van der Waals surface area contributed by atoms with Gasteiger partial charge in [-0.15, -0.1) is 0 Å². The summed E-state index contributed by atoms with van der Waals surface area (Å²) in [5.74, 6) is 1.83. The van der Waals surface area contributed by atoms with E-state index in [1.165, 1.54) is 0 Å². The van der Waals surface area contributed by atoms with E-state index in [1.54, 1.807) is 24.3 Å². The summed E-state index contributed by atoms with van der Waals surface area (Å²) < 4.78 is 13.5. The Balaban J connectivity index is 1.22. The Bertz CT molecular complexity index is 1290. The smallest absolute Gasteiger partial charge is 0.329 e.